The zero-order valence-electron chi connectivity index (χ0n) is 16.5. The molecular weight excluding hydrogens is 390 g/mol. The van der Waals surface area contributed by atoms with Crippen molar-refractivity contribution in [1.82, 2.24) is 24.8 Å². The van der Waals surface area contributed by atoms with Gasteiger partial charge in [-0.25, -0.2) is 9.07 Å². The largest absolute Gasteiger partial charge is 0.435 e. The summed E-state index contributed by atoms with van der Waals surface area (Å²) < 4.78 is 55.3. The summed E-state index contributed by atoms with van der Waals surface area (Å²) in [5, 5.41) is 7.04. The van der Waals surface area contributed by atoms with Crippen molar-refractivity contribution in [1.29, 1.82) is 0 Å². The fraction of sp³-hybridized carbons (Fsp3) is 0.526. The number of rotatable bonds is 2. The molecule has 0 bridgehead atoms. The van der Waals surface area contributed by atoms with Crippen molar-refractivity contribution in [2.45, 2.75) is 38.9 Å². The van der Waals surface area contributed by atoms with Crippen molar-refractivity contribution in [3.05, 3.63) is 41.5 Å². The summed E-state index contributed by atoms with van der Waals surface area (Å²) in [5.74, 6) is -1.54. The number of nitrogens with zero attached hydrogens (tertiary/aromatic N) is 5. The summed E-state index contributed by atoms with van der Waals surface area (Å²) in [5.41, 5.74) is -2.33. The summed E-state index contributed by atoms with van der Waals surface area (Å²) in [6.45, 7) is 8.07. The minimum atomic E-state index is -4.88. The van der Waals surface area contributed by atoms with E-state index in [2.05, 4.69) is 36.0 Å². The van der Waals surface area contributed by atoms with Crippen LogP contribution in [-0.4, -0.2) is 62.4 Å². The molecule has 1 aliphatic rings. The Morgan fingerprint density at radius 1 is 1.07 bits per heavy atom. The number of hydrogen-bond acceptors (Lipinski definition) is 4. The highest BCUT2D eigenvalue weighted by Gasteiger charge is 2.43. The molecule has 1 aliphatic heterocycles. The van der Waals surface area contributed by atoms with Gasteiger partial charge in [-0.3, -0.25) is 9.69 Å². The van der Waals surface area contributed by atoms with E-state index >= 15 is 0 Å². The van der Waals surface area contributed by atoms with Crippen molar-refractivity contribution < 1.29 is 22.4 Å². The quantitative estimate of drug-likeness (QED) is 0.709. The van der Waals surface area contributed by atoms with Crippen LogP contribution in [0.2, 0.25) is 0 Å². The molecular formula is C19H23F4N5O. The fourth-order valence-electron chi connectivity index (χ4n) is 3.41. The average Bonchev–Trinajstić information content (AvgIpc) is 2.91. The smallest absolute Gasteiger partial charge is 0.336 e. The van der Waals surface area contributed by atoms with Crippen LogP contribution >= 0.6 is 0 Å². The first-order valence-electron chi connectivity index (χ1n) is 9.31. The first-order chi connectivity index (χ1) is 13.5. The molecule has 1 aromatic heterocycles. The Balaban J connectivity index is 1.93. The highest BCUT2D eigenvalue weighted by molar-refractivity contribution is 5.93. The molecule has 2 aromatic rings. The lowest BCUT2D eigenvalue weighted by molar-refractivity contribution is -0.143. The van der Waals surface area contributed by atoms with E-state index in [1.54, 1.807) is 0 Å². The molecule has 0 N–H and O–H groups in total. The van der Waals surface area contributed by atoms with Crippen LogP contribution in [0.25, 0.3) is 5.69 Å². The van der Waals surface area contributed by atoms with E-state index in [9.17, 15) is 22.4 Å². The summed E-state index contributed by atoms with van der Waals surface area (Å²) in [4.78, 5) is 16.5. The van der Waals surface area contributed by atoms with Crippen molar-refractivity contribution >= 4 is 5.91 Å². The van der Waals surface area contributed by atoms with Crippen molar-refractivity contribution in [3.63, 3.8) is 0 Å². The van der Waals surface area contributed by atoms with Crippen LogP contribution < -0.4 is 0 Å². The maximum atomic E-state index is 13.8. The first kappa shape index (κ1) is 21.2. The molecule has 2 heterocycles. The van der Waals surface area contributed by atoms with E-state index in [1.165, 1.54) is 17.0 Å². The lowest BCUT2D eigenvalue weighted by Crippen LogP contribution is -2.44. The minimum absolute atomic E-state index is 0.100. The Kier molecular flexibility index (Phi) is 5.66. The number of benzene rings is 1. The summed E-state index contributed by atoms with van der Waals surface area (Å²) in [6, 6.07) is 4.56. The lowest BCUT2D eigenvalue weighted by Gasteiger charge is -2.34. The van der Waals surface area contributed by atoms with Gasteiger partial charge < -0.3 is 4.90 Å². The van der Waals surface area contributed by atoms with Crippen molar-refractivity contribution in [2.24, 2.45) is 0 Å². The van der Waals surface area contributed by atoms with Gasteiger partial charge in [-0.2, -0.15) is 13.2 Å². The molecule has 158 valence electrons. The van der Waals surface area contributed by atoms with Gasteiger partial charge in [0.2, 0.25) is 0 Å². The molecule has 10 heteroatoms. The minimum Gasteiger partial charge on any atom is -0.336 e. The number of halogens is 4. The average molecular weight is 413 g/mol. The maximum absolute atomic E-state index is 13.8. The zero-order chi connectivity index (χ0) is 21.4. The molecule has 6 nitrogen and oxygen atoms in total. The molecule has 1 amide bonds. The van der Waals surface area contributed by atoms with Gasteiger partial charge in [0.05, 0.1) is 5.69 Å². The molecule has 1 aromatic carbocycles. The molecule has 0 unspecified atom stereocenters. The third-order valence-corrected chi connectivity index (χ3v) is 4.93. The van der Waals surface area contributed by atoms with E-state index in [0.717, 1.165) is 18.7 Å². The second-order valence-electron chi connectivity index (χ2n) is 7.98. The monoisotopic (exact) mass is 413 g/mol. The van der Waals surface area contributed by atoms with Gasteiger partial charge in [0.1, 0.15) is 5.82 Å². The van der Waals surface area contributed by atoms with Crippen LogP contribution in [0.15, 0.2) is 24.3 Å². The number of carbonyl (C=O) groups excluding carboxylic acids is 1. The highest BCUT2D eigenvalue weighted by Crippen LogP contribution is 2.33. The SMILES string of the molecule is CC(C)(C)N1CCCN(C(=O)c2nnn(-c3cccc(F)c3)c2C(F)(F)F)CC1. The Morgan fingerprint density at radius 2 is 1.79 bits per heavy atom. The molecule has 0 spiro atoms. The first-order valence-corrected chi connectivity index (χ1v) is 9.31. The summed E-state index contributed by atoms with van der Waals surface area (Å²) in [7, 11) is 0. The van der Waals surface area contributed by atoms with Crippen molar-refractivity contribution in [3.8, 4) is 5.69 Å². The van der Waals surface area contributed by atoms with Gasteiger partial charge in [-0.1, -0.05) is 11.3 Å². The molecule has 1 fully saturated rings. The predicted octanol–water partition coefficient (Wildman–Crippen LogP) is 3.37. The fourth-order valence-corrected chi connectivity index (χ4v) is 3.41. The van der Waals surface area contributed by atoms with Gasteiger partial charge >= 0.3 is 6.18 Å². The lowest BCUT2D eigenvalue weighted by atomic mass is 10.1. The number of amides is 1. The third kappa shape index (κ3) is 4.58. The number of aromatic nitrogens is 3. The van der Waals surface area contributed by atoms with E-state index in [4.69, 9.17) is 0 Å². The van der Waals surface area contributed by atoms with Crippen molar-refractivity contribution in [2.75, 3.05) is 26.2 Å². The Hall–Kier alpha value is -2.49. The maximum Gasteiger partial charge on any atom is 0.435 e. The van der Waals surface area contributed by atoms with E-state index in [0.29, 0.717) is 30.7 Å². The molecule has 1 saturated heterocycles. The standard InChI is InChI=1S/C19H23F4N5O/c1-18(2,3)27-9-5-8-26(10-11-27)17(29)15-16(19(21,22)23)28(25-24-15)14-7-4-6-13(20)12-14/h4,6-7,12H,5,8-11H2,1-3H3. The van der Waals surface area contributed by atoms with Crippen LogP contribution in [0, 0.1) is 5.82 Å². The number of hydrogen-bond donors (Lipinski definition) is 0. The molecule has 0 aliphatic carbocycles. The topological polar surface area (TPSA) is 54.3 Å². The van der Waals surface area contributed by atoms with Gasteiger partial charge in [0.25, 0.3) is 5.91 Å². The molecule has 0 saturated carbocycles. The molecule has 3 rings (SSSR count). The molecule has 0 atom stereocenters. The van der Waals surface area contributed by atoms with E-state index in [-0.39, 0.29) is 11.2 Å². The van der Waals surface area contributed by atoms with Gasteiger partial charge in [-0.05, 0) is 45.4 Å². The normalized spacial score (nSPS) is 16.7. The second kappa shape index (κ2) is 7.74. The predicted molar refractivity (Wildman–Crippen MR) is 98.2 cm³/mol. The van der Waals surface area contributed by atoms with Crippen LogP contribution in [0.1, 0.15) is 43.4 Å². The van der Waals surface area contributed by atoms with Crippen LogP contribution in [0.5, 0.6) is 0 Å². The van der Waals surface area contributed by atoms with Gasteiger partial charge in [0, 0.05) is 31.7 Å². The number of alkyl halides is 3. The Labute approximate surface area is 166 Å². The highest BCUT2D eigenvalue weighted by atomic mass is 19.4. The second-order valence-corrected chi connectivity index (χ2v) is 7.98. The van der Waals surface area contributed by atoms with Crippen LogP contribution in [-0.2, 0) is 6.18 Å². The molecule has 0 radical (unpaired) electrons. The third-order valence-electron chi connectivity index (χ3n) is 4.93. The molecule has 29 heavy (non-hydrogen) atoms. The Morgan fingerprint density at radius 3 is 2.41 bits per heavy atom. The van der Waals surface area contributed by atoms with Gasteiger partial charge in [0.15, 0.2) is 11.4 Å². The van der Waals surface area contributed by atoms with Crippen LogP contribution in [0.4, 0.5) is 17.6 Å². The van der Waals surface area contributed by atoms with Gasteiger partial charge in [-0.15, -0.1) is 5.10 Å². The summed E-state index contributed by atoms with van der Waals surface area (Å²) >= 11 is 0. The zero-order valence-corrected chi connectivity index (χ0v) is 16.5. The van der Waals surface area contributed by atoms with Crippen LogP contribution in [0.3, 0.4) is 0 Å². The Bertz CT molecular complexity index is 887. The van der Waals surface area contributed by atoms with E-state index < -0.39 is 29.3 Å². The van der Waals surface area contributed by atoms with E-state index in [1.807, 2.05) is 0 Å². The summed E-state index contributed by atoms with van der Waals surface area (Å²) in [6.07, 6.45) is -4.24. The number of carbonyl (C=O) groups is 1.